The van der Waals surface area contributed by atoms with Gasteiger partial charge < -0.3 is 10.4 Å². The summed E-state index contributed by atoms with van der Waals surface area (Å²) in [5.41, 5.74) is 0. The van der Waals surface area contributed by atoms with Crippen molar-refractivity contribution in [3.63, 3.8) is 0 Å². The summed E-state index contributed by atoms with van der Waals surface area (Å²) in [6.45, 7) is 3.86. The molecule has 1 aromatic rings. The van der Waals surface area contributed by atoms with Crippen molar-refractivity contribution in [2.24, 2.45) is 5.92 Å². The highest BCUT2D eigenvalue weighted by Gasteiger charge is 2.20. The Labute approximate surface area is 110 Å². The number of amides is 1. The van der Waals surface area contributed by atoms with E-state index in [4.69, 9.17) is 5.11 Å². The van der Waals surface area contributed by atoms with Crippen LogP contribution in [-0.2, 0) is 16.0 Å². The molecular weight excluding hydrogens is 252 g/mol. The van der Waals surface area contributed by atoms with E-state index < -0.39 is 12.0 Å². The fourth-order valence-corrected chi connectivity index (χ4v) is 2.18. The second-order valence-corrected chi connectivity index (χ2v) is 5.49. The van der Waals surface area contributed by atoms with Crippen molar-refractivity contribution in [3.8, 4) is 0 Å². The van der Waals surface area contributed by atoms with Crippen molar-refractivity contribution in [1.29, 1.82) is 0 Å². The largest absolute Gasteiger partial charge is 0.480 e. The van der Waals surface area contributed by atoms with Crippen LogP contribution in [0.5, 0.6) is 0 Å². The van der Waals surface area contributed by atoms with E-state index in [1.807, 2.05) is 19.2 Å². The molecule has 0 aromatic carbocycles. The molecule has 0 aliphatic heterocycles. The summed E-state index contributed by atoms with van der Waals surface area (Å²) in [4.78, 5) is 26.7. The molecule has 1 unspecified atom stereocenters. The molecule has 5 nitrogen and oxygen atoms in total. The Kier molecular flexibility index (Phi) is 5.77. The Balaban J connectivity index is 2.39. The van der Waals surface area contributed by atoms with E-state index in [2.05, 4.69) is 10.3 Å². The Morgan fingerprint density at radius 1 is 1.50 bits per heavy atom. The fourth-order valence-electron chi connectivity index (χ4n) is 1.56. The molecule has 0 bridgehead atoms. The summed E-state index contributed by atoms with van der Waals surface area (Å²) in [5, 5.41) is 14.3. The molecule has 1 rings (SSSR count). The molecule has 0 radical (unpaired) electrons. The summed E-state index contributed by atoms with van der Waals surface area (Å²) in [6.07, 6.45) is 2.96. The second-order valence-electron chi connectivity index (χ2n) is 4.51. The monoisotopic (exact) mass is 270 g/mol. The average Bonchev–Trinajstić information content (AvgIpc) is 2.77. The third kappa shape index (κ3) is 5.27. The summed E-state index contributed by atoms with van der Waals surface area (Å²) in [6, 6.07) is -0.797. The van der Waals surface area contributed by atoms with Crippen LogP contribution in [0.3, 0.4) is 0 Å². The first-order valence-corrected chi connectivity index (χ1v) is 6.77. The Hall–Kier alpha value is -1.43. The van der Waals surface area contributed by atoms with Crippen LogP contribution >= 0.6 is 11.3 Å². The zero-order chi connectivity index (χ0) is 13.5. The number of carboxylic acids is 1. The summed E-state index contributed by atoms with van der Waals surface area (Å²) < 4.78 is 0. The normalized spacial score (nSPS) is 12.4. The number of carbonyl (C=O) groups is 2. The van der Waals surface area contributed by atoms with Gasteiger partial charge in [0.05, 0.1) is 5.01 Å². The van der Waals surface area contributed by atoms with Gasteiger partial charge in [-0.15, -0.1) is 11.3 Å². The van der Waals surface area contributed by atoms with Gasteiger partial charge in [-0.05, 0) is 12.3 Å². The number of carboxylic acid groups (broad SMARTS) is 1. The number of thiazole rings is 1. The summed E-state index contributed by atoms with van der Waals surface area (Å²) in [7, 11) is 0. The average molecular weight is 270 g/mol. The minimum atomic E-state index is -0.980. The highest BCUT2D eigenvalue weighted by atomic mass is 32.1. The first-order chi connectivity index (χ1) is 8.49. The molecule has 0 aliphatic carbocycles. The lowest BCUT2D eigenvalue weighted by Gasteiger charge is -2.16. The smallest absolute Gasteiger partial charge is 0.326 e. The van der Waals surface area contributed by atoms with E-state index in [9.17, 15) is 9.59 Å². The molecule has 6 heteroatoms. The maximum Gasteiger partial charge on any atom is 0.326 e. The molecule has 1 aromatic heterocycles. The Morgan fingerprint density at radius 2 is 2.22 bits per heavy atom. The van der Waals surface area contributed by atoms with Gasteiger partial charge in [-0.2, -0.15) is 0 Å². The van der Waals surface area contributed by atoms with Crippen LogP contribution in [0, 0.1) is 5.92 Å². The minimum absolute atomic E-state index is 0.227. The maximum atomic E-state index is 11.6. The number of aromatic nitrogens is 1. The van der Waals surface area contributed by atoms with Crippen LogP contribution in [0.15, 0.2) is 11.6 Å². The Morgan fingerprint density at radius 3 is 2.72 bits per heavy atom. The number of aryl methyl sites for hydroxylation is 1. The van der Waals surface area contributed by atoms with Crippen molar-refractivity contribution >= 4 is 23.2 Å². The molecule has 1 atom stereocenters. The van der Waals surface area contributed by atoms with E-state index in [-0.39, 0.29) is 18.2 Å². The van der Waals surface area contributed by atoms with Crippen molar-refractivity contribution in [2.75, 3.05) is 0 Å². The fraction of sp³-hybridized carbons (Fsp3) is 0.583. The second kappa shape index (κ2) is 7.10. The third-order valence-corrected chi connectivity index (χ3v) is 3.23. The topological polar surface area (TPSA) is 79.3 Å². The van der Waals surface area contributed by atoms with E-state index in [0.717, 1.165) is 5.01 Å². The van der Waals surface area contributed by atoms with Crippen molar-refractivity contribution in [3.05, 3.63) is 16.6 Å². The summed E-state index contributed by atoms with van der Waals surface area (Å²) in [5.74, 6) is -0.991. The lowest BCUT2D eigenvalue weighted by molar-refractivity contribution is -0.142. The standard InChI is InChI=1S/C12H18N2O3S/c1-8(2)7-9(12(16)17)14-10(15)3-4-11-13-5-6-18-11/h5-6,8-9H,3-4,7H2,1-2H3,(H,14,15)(H,16,17). The van der Waals surface area contributed by atoms with Gasteiger partial charge in [0.2, 0.25) is 5.91 Å². The SMILES string of the molecule is CC(C)CC(NC(=O)CCc1nccs1)C(=O)O. The molecule has 18 heavy (non-hydrogen) atoms. The van der Waals surface area contributed by atoms with Crippen LogP contribution in [0.25, 0.3) is 0 Å². The van der Waals surface area contributed by atoms with Gasteiger partial charge in [0.1, 0.15) is 6.04 Å². The molecule has 2 N–H and O–H groups in total. The Bertz CT molecular complexity index is 390. The highest BCUT2D eigenvalue weighted by molar-refractivity contribution is 7.09. The first kappa shape index (κ1) is 14.6. The van der Waals surface area contributed by atoms with Gasteiger partial charge in [-0.3, -0.25) is 4.79 Å². The lowest BCUT2D eigenvalue weighted by Crippen LogP contribution is -2.41. The zero-order valence-corrected chi connectivity index (χ0v) is 11.4. The van der Waals surface area contributed by atoms with E-state index in [0.29, 0.717) is 12.8 Å². The van der Waals surface area contributed by atoms with Gasteiger partial charge in [-0.1, -0.05) is 13.8 Å². The summed E-state index contributed by atoms with van der Waals surface area (Å²) >= 11 is 1.49. The molecule has 0 saturated carbocycles. The van der Waals surface area contributed by atoms with E-state index in [1.165, 1.54) is 11.3 Å². The number of carbonyl (C=O) groups excluding carboxylic acids is 1. The molecule has 0 fully saturated rings. The number of nitrogens with one attached hydrogen (secondary N) is 1. The molecule has 0 saturated heterocycles. The van der Waals surface area contributed by atoms with Gasteiger partial charge in [-0.25, -0.2) is 9.78 Å². The quantitative estimate of drug-likeness (QED) is 0.790. The van der Waals surface area contributed by atoms with Crippen LogP contribution in [0.2, 0.25) is 0 Å². The molecule has 1 heterocycles. The molecule has 1 amide bonds. The van der Waals surface area contributed by atoms with Crippen LogP contribution < -0.4 is 5.32 Å². The van der Waals surface area contributed by atoms with E-state index >= 15 is 0 Å². The van der Waals surface area contributed by atoms with Crippen molar-refractivity contribution in [2.45, 2.75) is 39.2 Å². The zero-order valence-electron chi connectivity index (χ0n) is 10.5. The number of hydrogen-bond acceptors (Lipinski definition) is 4. The maximum absolute atomic E-state index is 11.6. The van der Waals surface area contributed by atoms with Crippen molar-refractivity contribution in [1.82, 2.24) is 10.3 Å². The predicted octanol–water partition coefficient (Wildman–Crippen LogP) is 1.69. The van der Waals surface area contributed by atoms with Gasteiger partial charge >= 0.3 is 5.97 Å². The molecule has 0 spiro atoms. The van der Waals surface area contributed by atoms with Crippen LogP contribution in [-0.4, -0.2) is 28.0 Å². The minimum Gasteiger partial charge on any atom is -0.480 e. The third-order valence-electron chi connectivity index (χ3n) is 2.39. The van der Waals surface area contributed by atoms with Gasteiger partial charge in [0.15, 0.2) is 0 Å². The number of rotatable bonds is 7. The highest BCUT2D eigenvalue weighted by Crippen LogP contribution is 2.08. The molecule has 100 valence electrons. The van der Waals surface area contributed by atoms with Crippen LogP contribution in [0.1, 0.15) is 31.7 Å². The predicted molar refractivity (Wildman–Crippen MR) is 69.5 cm³/mol. The number of hydrogen-bond donors (Lipinski definition) is 2. The first-order valence-electron chi connectivity index (χ1n) is 5.89. The van der Waals surface area contributed by atoms with Crippen molar-refractivity contribution < 1.29 is 14.7 Å². The molecule has 0 aliphatic rings. The number of nitrogens with zero attached hydrogens (tertiary/aromatic N) is 1. The van der Waals surface area contributed by atoms with Gasteiger partial charge in [0, 0.05) is 24.4 Å². The number of aliphatic carboxylic acids is 1. The molecular formula is C12H18N2O3S. The van der Waals surface area contributed by atoms with Gasteiger partial charge in [0.25, 0.3) is 0 Å². The lowest BCUT2D eigenvalue weighted by atomic mass is 10.0. The van der Waals surface area contributed by atoms with Crippen LogP contribution in [0.4, 0.5) is 0 Å². The van der Waals surface area contributed by atoms with E-state index in [1.54, 1.807) is 6.20 Å².